The van der Waals surface area contributed by atoms with Gasteiger partial charge in [-0.3, -0.25) is 4.79 Å². The van der Waals surface area contributed by atoms with Crippen molar-refractivity contribution in [3.8, 4) is 0 Å². The van der Waals surface area contributed by atoms with Crippen LogP contribution in [-0.4, -0.2) is 17.5 Å². The number of rotatable bonds is 4. The van der Waals surface area contributed by atoms with Crippen molar-refractivity contribution in [2.24, 2.45) is 5.73 Å². The third-order valence-corrected chi connectivity index (χ3v) is 2.01. The van der Waals surface area contributed by atoms with Gasteiger partial charge in [-0.05, 0) is 13.3 Å². The van der Waals surface area contributed by atoms with E-state index in [1.165, 1.54) is 6.92 Å². The van der Waals surface area contributed by atoms with E-state index in [1.807, 2.05) is 0 Å². The van der Waals surface area contributed by atoms with Gasteiger partial charge in [-0.2, -0.15) is 13.2 Å². The zero-order chi connectivity index (χ0) is 10.7. The van der Waals surface area contributed by atoms with E-state index in [2.05, 4.69) is 0 Å². The van der Waals surface area contributed by atoms with Gasteiger partial charge in [0.2, 0.25) is 0 Å². The summed E-state index contributed by atoms with van der Waals surface area (Å²) in [5, 5.41) is 0. The minimum absolute atomic E-state index is 0.351. The maximum Gasteiger partial charge on any atom is 0.389 e. The molecule has 5 heteroatoms. The van der Waals surface area contributed by atoms with E-state index in [-0.39, 0.29) is 0 Å². The van der Waals surface area contributed by atoms with Crippen molar-refractivity contribution in [3.05, 3.63) is 0 Å². The number of hydrogen-bond donors (Lipinski definition) is 1. The van der Waals surface area contributed by atoms with Crippen LogP contribution in [0.15, 0.2) is 0 Å². The average molecular weight is 197 g/mol. The molecule has 2 nitrogen and oxygen atoms in total. The Morgan fingerprint density at radius 3 is 2.15 bits per heavy atom. The lowest BCUT2D eigenvalue weighted by atomic mass is 9.92. The van der Waals surface area contributed by atoms with Gasteiger partial charge >= 0.3 is 6.18 Å². The molecule has 0 radical (unpaired) electrons. The van der Waals surface area contributed by atoms with Crippen LogP contribution in [-0.2, 0) is 4.79 Å². The number of Topliss-reactive ketones (excluding diaryl/α,β-unsaturated/α-hetero) is 1. The summed E-state index contributed by atoms with van der Waals surface area (Å²) in [6, 6.07) is 0. The lowest BCUT2D eigenvalue weighted by Crippen LogP contribution is -2.44. The fourth-order valence-corrected chi connectivity index (χ4v) is 0.738. The zero-order valence-electron chi connectivity index (χ0n) is 7.74. The number of nitrogens with two attached hydrogens (primary N) is 1. The van der Waals surface area contributed by atoms with E-state index in [4.69, 9.17) is 5.73 Å². The lowest BCUT2D eigenvalue weighted by molar-refractivity contribution is -0.145. The second-order valence-electron chi connectivity index (χ2n) is 3.31. The summed E-state index contributed by atoms with van der Waals surface area (Å²) in [5.74, 6) is -0.535. The standard InChI is InChI=1S/C8H14F3NO/c1-3-7(2,12)6(13)4-5-8(9,10)11/h3-5,12H2,1-2H3/t7-/m1/s1. The molecule has 0 spiro atoms. The van der Waals surface area contributed by atoms with Crippen LogP contribution in [0.25, 0.3) is 0 Å². The Kier molecular flexibility index (Phi) is 3.90. The molecule has 0 aromatic heterocycles. The van der Waals surface area contributed by atoms with Crippen molar-refractivity contribution in [3.63, 3.8) is 0 Å². The van der Waals surface area contributed by atoms with Gasteiger partial charge in [-0.25, -0.2) is 0 Å². The molecule has 2 N–H and O–H groups in total. The molecule has 0 aromatic rings. The quantitative estimate of drug-likeness (QED) is 0.749. The van der Waals surface area contributed by atoms with Crippen LogP contribution in [0.3, 0.4) is 0 Å². The first kappa shape index (κ1) is 12.4. The molecule has 0 fully saturated rings. The third-order valence-electron chi connectivity index (χ3n) is 2.01. The molecule has 0 aliphatic heterocycles. The van der Waals surface area contributed by atoms with Crippen LogP contribution in [0.2, 0.25) is 0 Å². The smallest absolute Gasteiger partial charge is 0.319 e. The van der Waals surface area contributed by atoms with Gasteiger partial charge in [-0.1, -0.05) is 6.92 Å². The molecule has 0 aliphatic carbocycles. The topological polar surface area (TPSA) is 43.1 Å². The molecule has 0 saturated heterocycles. The van der Waals surface area contributed by atoms with E-state index in [0.717, 1.165) is 0 Å². The van der Waals surface area contributed by atoms with Gasteiger partial charge in [0, 0.05) is 6.42 Å². The van der Waals surface area contributed by atoms with Crippen molar-refractivity contribution in [1.82, 2.24) is 0 Å². The van der Waals surface area contributed by atoms with E-state index < -0.39 is 30.3 Å². The molecule has 0 heterocycles. The minimum atomic E-state index is -4.28. The van der Waals surface area contributed by atoms with Gasteiger partial charge in [0.25, 0.3) is 0 Å². The predicted octanol–water partition coefficient (Wildman–Crippen LogP) is 2.03. The molecular weight excluding hydrogens is 183 g/mol. The van der Waals surface area contributed by atoms with Crippen LogP contribution in [0.5, 0.6) is 0 Å². The number of carbonyl (C=O) groups is 1. The Bertz CT molecular complexity index is 186. The Hall–Kier alpha value is -0.580. The highest BCUT2D eigenvalue weighted by molar-refractivity contribution is 5.87. The fourth-order valence-electron chi connectivity index (χ4n) is 0.738. The molecule has 0 bridgehead atoms. The van der Waals surface area contributed by atoms with Gasteiger partial charge in [0.15, 0.2) is 5.78 Å². The molecule has 0 aliphatic rings. The molecule has 13 heavy (non-hydrogen) atoms. The highest BCUT2D eigenvalue weighted by Gasteiger charge is 2.32. The normalized spacial score (nSPS) is 16.8. The zero-order valence-corrected chi connectivity index (χ0v) is 7.74. The Balaban J connectivity index is 4.03. The average Bonchev–Trinajstić information content (AvgIpc) is 1.98. The van der Waals surface area contributed by atoms with E-state index >= 15 is 0 Å². The van der Waals surface area contributed by atoms with E-state index in [0.29, 0.717) is 6.42 Å². The highest BCUT2D eigenvalue weighted by Crippen LogP contribution is 2.23. The Labute approximate surface area is 75.3 Å². The lowest BCUT2D eigenvalue weighted by Gasteiger charge is -2.20. The minimum Gasteiger partial charge on any atom is -0.319 e. The maximum atomic E-state index is 11.7. The van der Waals surface area contributed by atoms with Crippen LogP contribution < -0.4 is 5.73 Å². The molecule has 0 rings (SSSR count). The second-order valence-corrected chi connectivity index (χ2v) is 3.31. The van der Waals surface area contributed by atoms with E-state index in [1.54, 1.807) is 6.92 Å². The van der Waals surface area contributed by atoms with Gasteiger partial charge in [0.1, 0.15) is 0 Å². The predicted molar refractivity (Wildman–Crippen MR) is 43.2 cm³/mol. The van der Waals surface area contributed by atoms with Crippen LogP contribution >= 0.6 is 0 Å². The Morgan fingerprint density at radius 1 is 1.38 bits per heavy atom. The first-order chi connectivity index (χ1) is 5.69. The van der Waals surface area contributed by atoms with Crippen molar-refractivity contribution in [1.29, 1.82) is 0 Å². The van der Waals surface area contributed by atoms with Gasteiger partial charge in [-0.15, -0.1) is 0 Å². The van der Waals surface area contributed by atoms with Gasteiger partial charge < -0.3 is 5.73 Å². The highest BCUT2D eigenvalue weighted by atomic mass is 19.4. The molecule has 0 saturated carbocycles. The summed E-state index contributed by atoms with van der Waals surface area (Å²) < 4.78 is 35.1. The molecule has 78 valence electrons. The number of carbonyl (C=O) groups excluding carboxylic acids is 1. The first-order valence-corrected chi connectivity index (χ1v) is 4.08. The molecular formula is C8H14F3NO. The van der Waals surface area contributed by atoms with Crippen molar-refractivity contribution < 1.29 is 18.0 Å². The monoisotopic (exact) mass is 197 g/mol. The van der Waals surface area contributed by atoms with Crippen molar-refractivity contribution >= 4 is 5.78 Å². The molecule has 0 aromatic carbocycles. The summed E-state index contributed by atoms with van der Waals surface area (Å²) in [6.07, 6.45) is -5.54. The van der Waals surface area contributed by atoms with Crippen molar-refractivity contribution in [2.45, 2.75) is 44.8 Å². The molecule has 0 unspecified atom stereocenters. The number of hydrogen-bond acceptors (Lipinski definition) is 2. The summed E-state index contributed by atoms with van der Waals surface area (Å²) in [4.78, 5) is 11.1. The summed E-state index contributed by atoms with van der Waals surface area (Å²) in [5.41, 5.74) is 4.35. The van der Waals surface area contributed by atoms with Crippen LogP contribution in [0.1, 0.15) is 33.1 Å². The number of alkyl halides is 3. The SMILES string of the molecule is CC[C@@](C)(N)C(=O)CCC(F)(F)F. The Morgan fingerprint density at radius 2 is 1.85 bits per heavy atom. The van der Waals surface area contributed by atoms with Crippen LogP contribution in [0, 0.1) is 0 Å². The molecule has 0 amide bonds. The summed E-state index contributed by atoms with van der Waals surface area (Å²) in [6.45, 7) is 3.12. The van der Waals surface area contributed by atoms with E-state index in [9.17, 15) is 18.0 Å². The van der Waals surface area contributed by atoms with Crippen molar-refractivity contribution in [2.75, 3.05) is 0 Å². The maximum absolute atomic E-state index is 11.7. The summed E-state index contributed by atoms with van der Waals surface area (Å²) >= 11 is 0. The molecule has 1 atom stereocenters. The first-order valence-electron chi connectivity index (χ1n) is 4.08. The fraction of sp³-hybridized carbons (Fsp3) is 0.875. The third kappa shape index (κ3) is 4.87. The largest absolute Gasteiger partial charge is 0.389 e. The second kappa shape index (κ2) is 4.09. The van der Waals surface area contributed by atoms with Gasteiger partial charge in [0.05, 0.1) is 12.0 Å². The number of halogens is 3. The number of ketones is 1. The summed E-state index contributed by atoms with van der Waals surface area (Å²) in [7, 11) is 0. The van der Waals surface area contributed by atoms with Crippen LogP contribution in [0.4, 0.5) is 13.2 Å².